The summed E-state index contributed by atoms with van der Waals surface area (Å²) in [5, 5.41) is 9.78. The van der Waals surface area contributed by atoms with Gasteiger partial charge in [0.25, 0.3) is 10.1 Å². The number of aromatic nitrogens is 1. The van der Waals surface area contributed by atoms with Gasteiger partial charge >= 0.3 is 0 Å². The van der Waals surface area contributed by atoms with Crippen molar-refractivity contribution in [3.8, 4) is 0 Å². The molecule has 0 radical (unpaired) electrons. The third kappa shape index (κ3) is 6.47. The molecule has 0 bridgehead atoms. The number of likely N-dealkylation sites (tertiary alicyclic amines) is 1. The number of aliphatic hydroxyl groups is 1. The zero-order valence-electron chi connectivity index (χ0n) is 14.5. The van der Waals surface area contributed by atoms with Gasteiger partial charge in [-0.2, -0.15) is 8.42 Å². The van der Waals surface area contributed by atoms with Crippen LogP contribution in [0.1, 0.15) is 31.2 Å². The van der Waals surface area contributed by atoms with E-state index in [1.54, 1.807) is 0 Å². The Morgan fingerprint density at radius 3 is 2.33 bits per heavy atom. The molecule has 136 valence electrons. The lowest BCUT2D eigenvalue weighted by molar-refractivity contribution is -0.935. The van der Waals surface area contributed by atoms with Crippen LogP contribution >= 0.6 is 0 Å². The van der Waals surface area contributed by atoms with Crippen LogP contribution in [0.15, 0.2) is 24.5 Å². The zero-order valence-corrected chi connectivity index (χ0v) is 15.3. The molecule has 1 aliphatic rings. The molecule has 2 heterocycles. The predicted octanol–water partition coefficient (Wildman–Crippen LogP) is 0.922. The normalized spacial score (nSPS) is 24.9. The second kappa shape index (κ2) is 8.38. The summed E-state index contributed by atoms with van der Waals surface area (Å²) in [7, 11) is -3.89. The summed E-state index contributed by atoms with van der Waals surface area (Å²) in [4.78, 5) is 0. The van der Waals surface area contributed by atoms with E-state index in [9.17, 15) is 13.5 Å². The molecular weight excluding hydrogens is 328 g/mol. The largest absolute Gasteiger partial charge is 0.393 e. The van der Waals surface area contributed by atoms with Gasteiger partial charge in [-0.1, -0.05) is 0 Å². The highest BCUT2D eigenvalue weighted by molar-refractivity contribution is 7.85. The standard InChI is InChI=1S/C17H29N2O4S/c1-16-4-9-18(10-5-16)8-2-11-19(12-3-15-24(21,22)23)13-6-17(20)7-14-19/h4-5,9-10,17,20H,2-3,6-8,11-15H2,1H3/q+1/p+1. The number of hydrogen-bond donors (Lipinski definition) is 2. The molecule has 0 unspecified atom stereocenters. The molecule has 0 aromatic carbocycles. The number of nitrogens with zero attached hydrogens (tertiary/aromatic N) is 2. The lowest BCUT2D eigenvalue weighted by Gasteiger charge is -2.42. The number of pyridine rings is 1. The van der Waals surface area contributed by atoms with E-state index in [-0.39, 0.29) is 11.9 Å². The second-order valence-corrected chi connectivity index (χ2v) is 8.65. The van der Waals surface area contributed by atoms with Gasteiger partial charge in [0.05, 0.1) is 44.5 Å². The van der Waals surface area contributed by atoms with Crippen molar-refractivity contribution < 1.29 is 27.1 Å². The molecule has 0 amide bonds. The maximum Gasteiger partial charge on any atom is 0.265 e. The number of hydrogen-bond acceptors (Lipinski definition) is 3. The molecule has 1 fully saturated rings. The highest BCUT2D eigenvalue weighted by atomic mass is 32.2. The van der Waals surface area contributed by atoms with Crippen molar-refractivity contribution in [2.75, 3.05) is 31.9 Å². The van der Waals surface area contributed by atoms with Crippen LogP contribution in [-0.4, -0.2) is 60.6 Å². The molecular formula is C17H30N2O4S+2. The second-order valence-electron chi connectivity index (χ2n) is 7.07. The highest BCUT2D eigenvalue weighted by Gasteiger charge is 2.33. The molecule has 0 saturated carbocycles. The molecule has 24 heavy (non-hydrogen) atoms. The van der Waals surface area contributed by atoms with Crippen molar-refractivity contribution in [1.29, 1.82) is 0 Å². The molecule has 1 aromatic rings. The lowest BCUT2D eigenvalue weighted by Crippen LogP contribution is -2.56. The Bertz CT molecular complexity index is 608. The molecule has 6 nitrogen and oxygen atoms in total. The SMILES string of the molecule is Cc1cc[n+](CCC[N+]2(CCCS(=O)(=O)O)CCC(O)CC2)cc1. The summed E-state index contributed by atoms with van der Waals surface area (Å²) in [6.07, 6.45) is 6.94. The highest BCUT2D eigenvalue weighted by Crippen LogP contribution is 2.21. The molecule has 0 atom stereocenters. The summed E-state index contributed by atoms with van der Waals surface area (Å²) in [5.41, 5.74) is 1.24. The third-order valence-electron chi connectivity index (χ3n) is 5.01. The van der Waals surface area contributed by atoms with Crippen molar-refractivity contribution in [2.24, 2.45) is 0 Å². The van der Waals surface area contributed by atoms with E-state index in [0.29, 0.717) is 6.42 Å². The van der Waals surface area contributed by atoms with Gasteiger partial charge in [-0.3, -0.25) is 4.55 Å². The van der Waals surface area contributed by atoms with E-state index in [2.05, 4.69) is 36.0 Å². The summed E-state index contributed by atoms with van der Waals surface area (Å²) in [6, 6.07) is 4.18. The Morgan fingerprint density at radius 1 is 1.17 bits per heavy atom. The van der Waals surface area contributed by atoms with Gasteiger partial charge in [-0.05, 0) is 12.5 Å². The van der Waals surface area contributed by atoms with Crippen LogP contribution in [0, 0.1) is 6.92 Å². The van der Waals surface area contributed by atoms with E-state index in [4.69, 9.17) is 4.55 Å². The van der Waals surface area contributed by atoms with E-state index in [1.165, 1.54) is 5.56 Å². The first-order chi connectivity index (χ1) is 11.3. The molecule has 0 aliphatic carbocycles. The van der Waals surface area contributed by atoms with Crippen molar-refractivity contribution >= 4 is 10.1 Å². The summed E-state index contributed by atoms with van der Waals surface area (Å²) < 4.78 is 33.9. The first-order valence-corrected chi connectivity index (χ1v) is 10.3. The van der Waals surface area contributed by atoms with E-state index in [1.807, 2.05) is 0 Å². The van der Waals surface area contributed by atoms with Crippen molar-refractivity contribution in [1.82, 2.24) is 0 Å². The minimum absolute atomic E-state index is 0.178. The first-order valence-electron chi connectivity index (χ1n) is 8.72. The van der Waals surface area contributed by atoms with Crippen LogP contribution in [0.4, 0.5) is 0 Å². The number of piperidine rings is 1. The average Bonchev–Trinajstić information content (AvgIpc) is 2.51. The van der Waals surface area contributed by atoms with Gasteiger partial charge in [-0.25, -0.2) is 4.57 Å². The molecule has 0 spiro atoms. The summed E-state index contributed by atoms with van der Waals surface area (Å²) in [5.74, 6) is -0.178. The Balaban J connectivity index is 1.89. The zero-order chi connectivity index (χ0) is 17.6. The van der Waals surface area contributed by atoms with Crippen molar-refractivity contribution in [3.05, 3.63) is 30.1 Å². The number of rotatable bonds is 8. The summed E-state index contributed by atoms with van der Waals surface area (Å²) in [6.45, 7) is 6.47. The average molecular weight is 359 g/mol. The molecule has 1 aromatic heterocycles. The number of aryl methyl sites for hydroxylation is 2. The van der Waals surface area contributed by atoms with E-state index in [0.717, 1.165) is 56.5 Å². The first kappa shape index (κ1) is 19.3. The summed E-state index contributed by atoms with van der Waals surface area (Å²) >= 11 is 0. The molecule has 1 saturated heterocycles. The van der Waals surface area contributed by atoms with E-state index < -0.39 is 10.1 Å². The third-order valence-corrected chi connectivity index (χ3v) is 5.82. The Hall–Kier alpha value is -1.02. The monoisotopic (exact) mass is 358 g/mol. The van der Waals surface area contributed by atoms with Crippen LogP contribution in [0.5, 0.6) is 0 Å². The van der Waals surface area contributed by atoms with Crippen molar-refractivity contribution in [3.63, 3.8) is 0 Å². The van der Waals surface area contributed by atoms with E-state index >= 15 is 0 Å². The Kier molecular flexibility index (Phi) is 6.74. The van der Waals surface area contributed by atoms with Gasteiger partial charge < -0.3 is 9.59 Å². The fourth-order valence-corrected chi connectivity index (χ4v) is 4.01. The van der Waals surface area contributed by atoms with Gasteiger partial charge in [0.2, 0.25) is 0 Å². The van der Waals surface area contributed by atoms with Crippen molar-refractivity contribution in [2.45, 2.75) is 45.3 Å². The predicted molar refractivity (Wildman–Crippen MR) is 92.0 cm³/mol. The number of quaternary nitrogens is 1. The minimum atomic E-state index is -3.89. The van der Waals surface area contributed by atoms with Crippen LogP contribution in [0.3, 0.4) is 0 Å². The van der Waals surface area contributed by atoms with Gasteiger partial charge in [0.1, 0.15) is 0 Å². The van der Waals surface area contributed by atoms with Gasteiger partial charge in [0, 0.05) is 31.4 Å². The Labute approximate surface area is 145 Å². The van der Waals surface area contributed by atoms with Crippen LogP contribution in [0.25, 0.3) is 0 Å². The lowest BCUT2D eigenvalue weighted by atomic mass is 10.0. The molecule has 7 heteroatoms. The minimum Gasteiger partial charge on any atom is -0.393 e. The topological polar surface area (TPSA) is 78.5 Å². The molecule has 1 aliphatic heterocycles. The maximum absolute atomic E-state index is 11.0. The number of aliphatic hydroxyl groups excluding tert-OH is 1. The molecule has 2 N–H and O–H groups in total. The van der Waals surface area contributed by atoms with Gasteiger partial charge in [-0.15, -0.1) is 0 Å². The van der Waals surface area contributed by atoms with Crippen LogP contribution in [0.2, 0.25) is 0 Å². The van der Waals surface area contributed by atoms with Crippen LogP contribution in [-0.2, 0) is 16.7 Å². The fourth-order valence-electron chi connectivity index (χ4n) is 3.51. The van der Waals surface area contributed by atoms with Gasteiger partial charge in [0.15, 0.2) is 18.9 Å². The quantitative estimate of drug-likeness (QED) is 0.412. The molecule has 2 rings (SSSR count). The Morgan fingerprint density at radius 2 is 1.75 bits per heavy atom. The fraction of sp³-hybridized carbons (Fsp3) is 0.706. The smallest absolute Gasteiger partial charge is 0.265 e. The van der Waals surface area contributed by atoms with Crippen LogP contribution < -0.4 is 4.57 Å². The maximum atomic E-state index is 11.0.